The third kappa shape index (κ3) is 2.85. The fraction of sp³-hybridized carbons (Fsp3) is 0.357. The predicted octanol–water partition coefficient (Wildman–Crippen LogP) is 7.29. The Balaban J connectivity index is 1.88. The third-order valence-corrected chi connectivity index (χ3v) is 6.54. The molecule has 2 aromatic carbocycles. The van der Waals surface area contributed by atoms with E-state index in [1.54, 1.807) is 0 Å². The zero-order chi connectivity index (χ0) is 21.4. The molecule has 5 rings (SSSR count). The highest BCUT2D eigenvalue weighted by Crippen LogP contribution is 2.49. The number of pyridine rings is 2. The standard InChI is InChI=1S/C28H30N2/c1-16-10-17(2)30-24-14-21-22(13-20(16)24)28(6,7)23-12-18(15-27(3,4)5)11-19-8-9-29-26(21)25(19)23/h8-14H,15H2,1-7H3. The second-order valence-electron chi connectivity index (χ2n) is 10.8. The zero-order valence-electron chi connectivity index (χ0n) is 19.1. The molecule has 0 unspecified atom stereocenters. The van der Waals surface area contributed by atoms with Gasteiger partial charge in [0.25, 0.3) is 0 Å². The molecular formula is C28H30N2. The number of hydrogen-bond acceptors (Lipinski definition) is 2. The average Bonchev–Trinajstić information content (AvgIpc) is 2.63. The molecule has 2 heteroatoms. The first-order chi connectivity index (χ1) is 14.0. The van der Waals surface area contributed by atoms with Crippen molar-refractivity contribution < 1.29 is 0 Å². The van der Waals surface area contributed by atoms with E-state index in [9.17, 15) is 0 Å². The lowest BCUT2D eigenvalue weighted by Crippen LogP contribution is -2.25. The van der Waals surface area contributed by atoms with Gasteiger partial charge in [0.1, 0.15) is 0 Å². The van der Waals surface area contributed by atoms with Crippen LogP contribution in [0.5, 0.6) is 0 Å². The van der Waals surface area contributed by atoms with Crippen LogP contribution in [0.2, 0.25) is 0 Å². The number of nitrogens with zero attached hydrogens (tertiary/aromatic N) is 2. The molecule has 0 amide bonds. The quantitative estimate of drug-likeness (QED) is 0.338. The fourth-order valence-corrected chi connectivity index (χ4v) is 5.26. The first-order valence-corrected chi connectivity index (χ1v) is 10.9. The number of hydrogen-bond donors (Lipinski definition) is 0. The van der Waals surface area contributed by atoms with Crippen molar-refractivity contribution in [1.29, 1.82) is 0 Å². The van der Waals surface area contributed by atoms with Crippen molar-refractivity contribution in [2.24, 2.45) is 5.41 Å². The normalized spacial score (nSPS) is 14.9. The lowest BCUT2D eigenvalue weighted by atomic mass is 9.68. The number of fused-ring (bicyclic) bond motifs is 3. The minimum absolute atomic E-state index is 0.0942. The van der Waals surface area contributed by atoms with Gasteiger partial charge < -0.3 is 0 Å². The van der Waals surface area contributed by atoms with E-state index in [4.69, 9.17) is 9.97 Å². The molecule has 1 aliphatic carbocycles. The van der Waals surface area contributed by atoms with Gasteiger partial charge in [0, 0.05) is 33.6 Å². The van der Waals surface area contributed by atoms with Crippen LogP contribution < -0.4 is 0 Å². The first-order valence-electron chi connectivity index (χ1n) is 10.9. The Labute approximate surface area is 179 Å². The van der Waals surface area contributed by atoms with Crippen molar-refractivity contribution >= 4 is 21.7 Å². The van der Waals surface area contributed by atoms with Crippen LogP contribution in [-0.2, 0) is 11.8 Å². The van der Waals surface area contributed by atoms with E-state index >= 15 is 0 Å². The zero-order valence-corrected chi connectivity index (χ0v) is 19.1. The van der Waals surface area contributed by atoms with Gasteiger partial charge >= 0.3 is 0 Å². The van der Waals surface area contributed by atoms with Gasteiger partial charge in [0.2, 0.25) is 0 Å². The Bertz CT molecular complexity index is 1340. The molecule has 0 spiro atoms. The minimum atomic E-state index is -0.0942. The fourth-order valence-electron chi connectivity index (χ4n) is 5.26. The molecule has 0 bridgehead atoms. The molecule has 0 aliphatic heterocycles. The van der Waals surface area contributed by atoms with Crippen LogP contribution in [0.15, 0.2) is 42.6 Å². The monoisotopic (exact) mass is 394 g/mol. The van der Waals surface area contributed by atoms with Gasteiger partial charge in [-0.3, -0.25) is 9.97 Å². The maximum Gasteiger partial charge on any atom is 0.0787 e. The molecule has 0 radical (unpaired) electrons. The smallest absolute Gasteiger partial charge is 0.0787 e. The minimum Gasteiger partial charge on any atom is -0.256 e. The van der Waals surface area contributed by atoms with E-state index < -0.39 is 0 Å². The van der Waals surface area contributed by atoms with Crippen LogP contribution in [0.4, 0.5) is 0 Å². The Kier molecular flexibility index (Phi) is 3.93. The molecular weight excluding hydrogens is 364 g/mol. The molecule has 0 saturated heterocycles. The van der Waals surface area contributed by atoms with E-state index in [-0.39, 0.29) is 10.8 Å². The molecule has 0 fully saturated rings. The van der Waals surface area contributed by atoms with Gasteiger partial charge in [-0.15, -0.1) is 0 Å². The Morgan fingerprint density at radius 2 is 1.70 bits per heavy atom. The second-order valence-corrected chi connectivity index (χ2v) is 10.8. The highest BCUT2D eigenvalue weighted by Gasteiger charge is 2.35. The van der Waals surface area contributed by atoms with Crippen LogP contribution in [0.25, 0.3) is 32.9 Å². The molecule has 2 nitrogen and oxygen atoms in total. The summed E-state index contributed by atoms with van der Waals surface area (Å²) in [6.07, 6.45) is 3.03. The molecule has 1 aliphatic rings. The number of benzene rings is 2. The van der Waals surface area contributed by atoms with Crippen LogP contribution in [0.3, 0.4) is 0 Å². The summed E-state index contributed by atoms with van der Waals surface area (Å²) in [6.45, 7) is 15.9. The SMILES string of the molecule is Cc1cc(C)c2cc3c(cc2n1)-c1nccc2cc(CC(C)(C)C)cc(c12)C3(C)C. The van der Waals surface area contributed by atoms with Crippen LogP contribution in [0.1, 0.15) is 62.6 Å². The highest BCUT2D eigenvalue weighted by atomic mass is 14.7. The lowest BCUT2D eigenvalue weighted by Gasteiger charge is -2.35. The van der Waals surface area contributed by atoms with E-state index in [1.807, 2.05) is 6.20 Å². The summed E-state index contributed by atoms with van der Waals surface area (Å²) in [5, 5.41) is 3.84. The summed E-state index contributed by atoms with van der Waals surface area (Å²) < 4.78 is 0. The van der Waals surface area contributed by atoms with Gasteiger partial charge in [-0.05, 0) is 77.6 Å². The molecule has 0 saturated carbocycles. The Hall–Kier alpha value is -2.74. The summed E-state index contributed by atoms with van der Waals surface area (Å²) in [6, 6.07) is 13.8. The van der Waals surface area contributed by atoms with E-state index in [0.29, 0.717) is 0 Å². The van der Waals surface area contributed by atoms with Crippen molar-refractivity contribution in [2.45, 2.75) is 60.3 Å². The average molecular weight is 395 g/mol. The molecule has 2 aromatic heterocycles. The summed E-state index contributed by atoms with van der Waals surface area (Å²) in [7, 11) is 0. The van der Waals surface area contributed by atoms with Gasteiger partial charge in [0.15, 0.2) is 0 Å². The van der Waals surface area contributed by atoms with E-state index in [1.165, 1.54) is 44.0 Å². The molecule has 0 N–H and O–H groups in total. The van der Waals surface area contributed by atoms with Gasteiger partial charge in [-0.25, -0.2) is 0 Å². The Morgan fingerprint density at radius 3 is 2.43 bits per heavy atom. The maximum absolute atomic E-state index is 4.87. The van der Waals surface area contributed by atoms with Crippen molar-refractivity contribution in [1.82, 2.24) is 9.97 Å². The summed E-state index contributed by atoms with van der Waals surface area (Å²) >= 11 is 0. The number of aromatic nitrogens is 2. The van der Waals surface area contributed by atoms with Crippen LogP contribution in [-0.4, -0.2) is 9.97 Å². The van der Waals surface area contributed by atoms with E-state index in [2.05, 4.69) is 84.9 Å². The van der Waals surface area contributed by atoms with Crippen LogP contribution >= 0.6 is 0 Å². The van der Waals surface area contributed by atoms with Crippen LogP contribution in [0, 0.1) is 19.3 Å². The predicted molar refractivity (Wildman–Crippen MR) is 127 cm³/mol. The summed E-state index contributed by atoms with van der Waals surface area (Å²) in [5.41, 5.74) is 10.1. The van der Waals surface area contributed by atoms with Crippen molar-refractivity contribution in [3.05, 3.63) is 70.5 Å². The molecule has 30 heavy (non-hydrogen) atoms. The lowest BCUT2D eigenvalue weighted by molar-refractivity contribution is 0.411. The number of rotatable bonds is 1. The molecule has 2 heterocycles. The highest BCUT2D eigenvalue weighted by molar-refractivity contribution is 6.04. The topological polar surface area (TPSA) is 25.8 Å². The largest absolute Gasteiger partial charge is 0.256 e. The second kappa shape index (κ2) is 6.14. The first kappa shape index (κ1) is 19.2. The summed E-state index contributed by atoms with van der Waals surface area (Å²) in [4.78, 5) is 9.71. The van der Waals surface area contributed by atoms with Crippen molar-refractivity contribution in [3.8, 4) is 11.3 Å². The van der Waals surface area contributed by atoms with E-state index in [0.717, 1.165) is 23.3 Å². The summed E-state index contributed by atoms with van der Waals surface area (Å²) in [5.74, 6) is 0. The molecule has 4 aromatic rings. The van der Waals surface area contributed by atoms with Gasteiger partial charge in [-0.1, -0.05) is 46.8 Å². The molecule has 152 valence electrons. The van der Waals surface area contributed by atoms with Gasteiger partial charge in [0.05, 0.1) is 11.2 Å². The van der Waals surface area contributed by atoms with Crippen molar-refractivity contribution in [2.75, 3.05) is 0 Å². The Morgan fingerprint density at radius 1 is 0.933 bits per heavy atom. The van der Waals surface area contributed by atoms with Crippen molar-refractivity contribution in [3.63, 3.8) is 0 Å². The number of aryl methyl sites for hydroxylation is 2. The maximum atomic E-state index is 4.87. The third-order valence-electron chi connectivity index (χ3n) is 6.54. The molecule has 0 atom stereocenters. The van der Waals surface area contributed by atoms with Gasteiger partial charge in [-0.2, -0.15) is 0 Å².